The third-order valence-electron chi connectivity index (χ3n) is 9.67. The van der Waals surface area contributed by atoms with Crippen LogP contribution in [0.1, 0.15) is 128 Å². The smallest absolute Gasteiger partial charge is 0.408 e. The number of hydrogen-bond donors (Lipinski definition) is 2. The van der Waals surface area contributed by atoms with Crippen LogP contribution in [-0.4, -0.2) is 173 Å². The molecule has 2 N–H and O–H groups in total. The number of rotatable bonds is 16. The van der Waals surface area contributed by atoms with Gasteiger partial charge < -0.3 is 34.1 Å². The Hall–Kier alpha value is -4.32. The fourth-order valence-corrected chi connectivity index (χ4v) is 7.15. The Balaban J connectivity index is 2.57. The van der Waals surface area contributed by atoms with E-state index in [0.29, 0.717) is 65.1 Å². The lowest BCUT2D eigenvalue weighted by Crippen LogP contribution is -2.54. The molecule has 1 aliphatic heterocycles. The van der Waals surface area contributed by atoms with E-state index < -0.39 is 70.0 Å². The van der Waals surface area contributed by atoms with Crippen LogP contribution in [-0.2, 0) is 60.5 Å². The minimum Gasteiger partial charge on any atom is -0.480 e. The van der Waals surface area contributed by atoms with Gasteiger partial charge in [0.2, 0.25) is 0 Å². The van der Waals surface area contributed by atoms with Crippen LogP contribution in [0.3, 0.4) is 0 Å². The van der Waals surface area contributed by atoms with Crippen molar-refractivity contribution < 1.29 is 57.6 Å². The molecule has 1 saturated heterocycles. The average molecular weight is 934 g/mol. The molecule has 0 aliphatic carbocycles. The van der Waals surface area contributed by atoms with Crippen LogP contribution < -0.4 is 5.32 Å². The molecule has 2 atom stereocenters. The number of esters is 4. The molecule has 1 aromatic carbocycles. The number of amides is 1. The number of aliphatic carboxylic acids is 1. The summed E-state index contributed by atoms with van der Waals surface area (Å²) >= 11 is 0. The zero-order valence-corrected chi connectivity index (χ0v) is 42.8. The summed E-state index contributed by atoms with van der Waals surface area (Å²) in [5, 5.41) is 12.2. The number of aryl methyl sites for hydroxylation is 1. The fraction of sp³-hybridized carbons (Fsp3) is 0.755. The summed E-state index contributed by atoms with van der Waals surface area (Å²) in [6.45, 7) is 29.3. The first-order chi connectivity index (χ1) is 30.1. The van der Waals surface area contributed by atoms with Crippen LogP contribution >= 0.6 is 0 Å². The monoisotopic (exact) mass is 934 g/mol. The minimum atomic E-state index is -1.14. The SMILES string of the molecule is CC(C)(C)OC(=O)CN1CCN(CC(=O)OC(C)(C)C)CCN(CC(=O)OC(C)(C)C)C(Cc2ccc(CCC[C@H](NC(=O)OC(C)(C)C)C(=O)O)cc2)CN(CC(=O)OC(C)(C)C)CC1. The van der Waals surface area contributed by atoms with Gasteiger partial charge in [-0.15, -0.1) is 0 Å². The molecule has 1 fully saturated rings. The third kappa shape index (κ3) is 26.7. The van der Waals surface area contributed by atoms with E-state index >= 15 is 0 Å². The summed E-state index contributed by atoms with van der Waals surface area (Å²) in [5.74, 6) is -2.77. The summed E-state index contributed by atoms with van der Waals surface area (Å²) in [4.78, 5) is 85.9. The Morgan fingerprint density at radius 1 is 0.545 bits per heavy atom. The molecule has 1 unspecified atom stereocenters. The number of nitrogens with zero attached hydrogens (tertiary/aromatic N) is 4. The predicted octanol–water partition coefficient (Wildman–Crippen LogP) is 5.49. The summed E-state index contributed by atoms with van der Waals surface area (Å²) in [6, 6.07) is 6.50. The molecule has 0 bridgehead atoms. The zero-order chi connectivity index (χ0) is 50.3. The first-order valence-electron chi connectivity index (χ1n) is 23.2. The number of nitrogens with one attached hydrogen (secondary N) is 1. The van der Waals surface area contributed by atoms with Crippen molar-refractivity contribution in [2.45, 2.75) is 170 Å². The van der Waals surface area contributed by atoms with Gasteiger partial charge in [-0.05, 0) is 141 Å². The van der Waals surface area contributed by atoms with Crippen molar-refractivity contribution in [3.05, 3.63) is 35.4 Å². The molecule has 0 spiro atoms. The van der Waals surface area contributed by atoms with Crippen molar-refractivity contribution >= 4 is 35.9 Å². The predicted molar refractivity (Wildman–Crippen MR) is 252 cm³/mol. The molecule has 1 aromatic rings. The Bertz CT molecular complexity index is 1740. The number of carboxylic acid groups (broad SMARTS) is 1. The van der Waals surface area contributed by atoms with Crippen LogP contribution in [0, 0.1) is 0 Å². The number of carbonyl (C=O) groups excluding carboxylic acids is 5. The standard InChI is InChI=1S/C49H83N5O12/c1-45(2,3)62-39(55)31-51-23-24-52(32-40(56)63-46(4,5)6)27-28-54(34-42(58)65-48(10,11)12)37(30-53(26-25-51)33-41(57)64-47(7,8)9)29-36-21-19-35(20-22-36)17-16-18-38(43(59)60)50-44(61)66-49(13,14)15/h19-22,37-38H,16-18,23-34H2,1-15H3,(H,50,61)(H,59,60)/t37?,38-/m0/s1. The summed E-state index contributed by atoms with van der Waals surface area (Å²) in [6.07, 6.45) is 0.924. The first-order valence-corrected chi connectivity index (χ1v) is 23.2. The summed E-state index contributed by atoms with van der Waals surface area (Å²) < 4.78 is 28.3. The fourth-order valence-electron chi connectivity index (χ4n) is 7.15. The van der Waals surface area contributed by atoms with Crippen molar-refractivity contribution in [3.63, 3.8) is 0 Å². The van der Waals surface area contributed by atoms with E-state index in [2.05, 4.69) is 10.2 Å². The van der Waals surface area contributed by atoms with E-state index in [-0.39, 0.29) is 38.6 Å². The highest BCUT2D eigenvalue weighted by Crippen LogP contribution is 2.19. The van der Waals surface area contributed by atoms with E-state index in [0.717, 1.165) is 11.1 Å². The molecular formula is C49H83N5O12. The molecule has 1 heterocycles. The minimum absolute atomic E-state index is 0.00438. The highest BCUT2D eigenvalue weighted by Gasteiger charge is 2.31. The molecule has 66 heavy (non-hydrogen) atoms. The Morgan fingerprint density at radius 2 is 0.909 bits per heavy atom. The van der Waals surface area contributed by atoms with Crippen molar-refractivity contribution in [2.75, 3.05) is 72.0 Å². The highest BCUT2D eigenvalue weighted by molar-refractivity contribution is 5.80. The number of carbonyl (C=O) groups is 6. The van der Waals surface area contributed by atoms with Gasteiger partial charge >= 0.3 is 35.9 Å². The lowest BCUT2D eigenvalue weighted by Gasteiger charge is -2.39. The van der Waals surface area contributed by atoms with Crippen LogP contribution in [0.5, 0.6) is 0 Å². The quantitative estimate of drug-likeness (QED) is 0.156. The molecule has 376 valence electrons. The molecule has 17 nitrogen and oxygen atoms in total. The second-order valence-corrected chi connectivity index (χ2v) is 22.2. The number of alkyl carbamates (subject to hydrolysis) is 1. The maximum absolute atomic E-state index is 13.7. The maximum atomic E-state index is 13.7. The van der Waals surface area contributed by atoms with E-state index in [1.165, 1.54) is 0 Å². The van der Waals surface area contributed by atoms with Crippen LogP contribution in [0.2, 0.25) is 0 Å². The third-order valence-corrected chi connectivity index (χ3v) is 9.67. The molecule has 17 heteroatoms. The average Bonchev–Trinajstić information content (AvgIpc) is 3.09. The Labute approximate surface area is 394 Å². The van der Waals surface area contributed by atoms with Gasteiger partial charge in [0.05, 0.1) is 26.2 Å². The van der Waals surface area contributed by atoms with Gasteiger partial charge in [-0.3, -0.25) is 38.8 Å². The molecule has 0 saturated carbocycles. The van der Waals surface area contributed by atoms with Crippen LogP contribution in [0.15, 0.2) is 24.3 Å². The van der Waals surface area contributed by atoms with Crippen LogP contribution in [0.4, 0.5) is 4.79 Å². The molecule has 1 aliphatic rings. The Morgan fingerprint density at radius 3 is 1.32 bits per heavy atom. The number of benzene rings is 1. The van der Waals surface area contributed by atoms with Gasteiger partial charge in [0, 0.05) is 51.9 Å². The van der Waals surface area contributed by atoms with Crippen molar-refractivity contribution in [3.8, 4) is 0 Å². The van der Waals surface area contributed by atoms with Crippen molar-refractivity contribution in [1.29, 1.82) is 0 Å². The lowest BCUT2D eigenvalue weighted by atomic mass is 9.99. The topological polar surface area (TPSA) is 194 Å². The lowest BCUT2D eigenvalue weighted by molar-refractivity contribution is -0.160. The second-order valence-electron chi connectivity index (χ2n) is 22.2. The summed E-state index contributed by atoms with van der Waals surface area (Å²) in [7, 11) is 0. The number of hydrogen-bond acceptors (Lipinski definition) is 15. The van der Waals surface area contributed by atoms with Gasteiger partial charge in [0.25, 0.3) is 0 Å². The van der Waals surface area contributed by atoms with Crippen molar-refractivity contribution in [1.82, 2.24) is 24.9 Å². The number of ether oxygens (including phenoxy) is 5. The van der Waals surface area contributed by atoms with E-state index in [9.17, 15) is 33.9 Å². The van der Waals surface area contributed by atoms with Gasteiger partial charge in [-0.25, -0.2) is 9.59 Å². The molecule has 2 rings (SSSR count). The molecular weight excluding hydrogens is 851 g/mol. The highest BCUT2D eigenvalue weighted by atomic mass is 16.6. The van der Waals surface area contributed by atoms with Gasteiger partial charge in [0.1, 0.15) is 34.0 Å². The second kappa shape index (κ2) is 25.2. The Kier molecular flexibility index (Phi) is 22.0. The number of carboxylic acids is 1. The normalized spacial score (nSPS) is 17.7. The van der Waals surface area contributed by atoms with E-state index in [4.69, 9.17) is 23.7 Å². The van der Waals surface area contributed by atoms with Gasteiger partial charge in [-0.2, -0.15) is 0 Å². The largest absolute Gasteiger partial charge is 0.480 e. The van der Waals surface area contributed by atoms with Gasteiger partial charge in [-0.1, -0.05) is 24.3 Å². The molecule has 1 amide bonds. The van der Waals surface area contributed by atoms with Crippen LogP contribution in [0.25, 0.3) is 0 Å². The van der Waals surface area contributed by atoms with Crippen molar-refractivity contribution in [2.24, 2.45) is 0 Å². The van der Waals surface area contributed by atoms with E-state index in [1.54, 1.807) is 20.8 Å². The maximum Gasteiger partial charge on any atom is 0.408 e. The summed E-state index contributed by atoms with van der Waals surface area (Å²) in [5.41, 5.74) is -1.70. The molecule has 0 aromatic heterocycles. The van der Waals surface area contributed by atoms with E-state index in [1.807, 2.05) is 122 Å². The van der Waals surface area contributed by atoms with Gasteiger partial charge in [0.15, 0.2) is 0 Å². The molecule has 0 radical (unpaired) electrons. The zero-order valence-electron chi connectivity index (χ0n) is 42.8. The first kappa shape index (κ1) is 57.8.